The Morgan fingerprint density at radius 3 is 2.87 bits per heavy atom. The molecular formula is C23H23N3O4. The molecule has 30 heavy (non-hydrogen) atoms. The summed E-state index contributed by atoms with van der Waals surface area (Å²) in [5.74, 6) is -0.195. The number of hydrogen-bond donors (Lipinski definition) is 3. The van der Waals surface area contributed by atoms with E-state index in [9.17, 15) is 9.90 Å². The van der Waals surface area contributed by atoms with Crippen molar-refractivity contribution in [2.24, 2.45) is 0 Å². The Hall–Kier alpha value is -3.29. The first-order chi connectivity index (χ1) is 14.6. The van der Waals surface area contributed by atoms with E-state index in [1.807, 2.05) is 30.3 Å². The minimum Gasteiger partial charge on any atom is -0.489 e. The van der Waals surface area contributed by atoms with Gasteiger partial charge in [0.25, 0.3) is 0 Å². The zero-order chi connectivity index (χ0) is 20.9. The summed E-state index contributed by atoms with van der Waals surface area (Å²) >= 11 is 0. The Bertz CT molecular complexity index is 1030. The molecule has 3 aromatic rings. The molecule has 0 saturated heterocycles. The molecule has 7 heteroatoms. The van der Waals surface area contributed by atoms with E-state index < -0.39 is 12.1 Å². The van der Waals surface area contributed by atoms with Crippen molar-refractivity contribution in [1.82, 2.24) is 15.3 Å². The summed E-state index contributed by atoms with van der Waals surface area (Å²) in [5.41, 5.74) is 3.68. The monoisotopic (exact) mass is 405 g/mol. The summed E-state index contributed by atoms with van der Waals surface area (Å²) < 4.78 is 6.11. The highest BCUT2D eigenvalue weighted by atomic mass is 16.5. The summed E-state index contributed by atoms with van der Waals surface area (Å²) in [6, 6.07) is 13.0. The molecule has 0 amide bonds. The van der Waals surface area contributed by atoms with Gasteiger partial charge >= 0.3 is 5.97 Å². The maximum absolute atomic E-state index is 11.2. The molecule has 0 saturated carbocycles. The number of rotatable bonds is 7. The van der Waals surface area contributed by atoms with Crippen molar-refractivity contribution < 1.29 is 19.7 Å². The number of aliphatic hydroxyl groups excluding tert-OH is 1. The van der Waals surface area contributed by atoms with Crippen LogP contribution in [0, 0.1) is 0 Å². The lowest BCUT2D eigenvalue weighted by molar-refractivity contribution is 0.0690. The zero-order valence-corrected chi connectivity index (χ0v) is 16.4. The molecule has 0 aliphatic carbocycles. The molecule has 1 aliphatic heterocycles. The highest BCUT2D eigenvalue weighted by Gasteiger charge is 2.20. The van der Waals surface area contributed by atoms with Gasteiger partial charge < -0.3 is 20.3 Å². The average molecular weight is 405 g/mol. The van der Waals surface area contributed by atoms with Crippen LogP contribution in [0.2, 0.25) is 0 Å². The molecule has 3 N–H and O–H groups in total. The first kappa shape index (κ1) is 20.0. The molecule has 0 unspecified atom stereocenters. The van der Waals surface area contributed by atoms with E-state index in [-0.39, 0.29) is 11.8 Å². The smallest absolute Gasteiger partial charge is 0.354 e. The Labute approximate surface area is 174 Å². The second-order valence-electron chi connectivity index (χ2n) is 7.30. The number of benzene rings is 1. The van der Waals surface area contributed by atoms with Gasteiger partial charge in [0.2, 0.25) is 0 Å². The molecule has 0 fully saturated rings. The van der Waals surface area contributed by atoms with Gasteiger partial charge in [-0.15, -0.1) is 0 Å². The molecule has 1 aliphatic rings. The van der Waals surface area contributed by atoms with Crippen molar-refractivity contribution in [3.63, 3.8) is 0 Å². The van der Waals surface area contributed by atoms with E-state index >= 15 is 0 Å². The molecule has 2 atom stereocenters. The fourth-order valence-electron chi connectivity index (χ4n) is 3.57. The number of nitrogens with one attached hydrogen (secondary N) is 1. The first-order valence-corrected chi connectivity index (χ1v) is 9.88. The maximum atomic E-state index is 11.2. The van der Waals surface area contributed by atoms with E-state index in [1.54, 1.807) is 24.5 Å². The number of carboxylic acid groups (broad SMARTS) is 1. The predicted octanol–water partition coefficient (Wildman–Crippen LogP) is 2.86. The Morgan fingerprint density at radius 1 is 1.20 bits per heavy atom. The lowest BCUT2D eigenvalue weighted by Crippen LogP contribution is -2.36. The number of nitrogens with zero attached hydrogens (tertiary/aromatic N) is 2. The number of fused-ring (bicyclic) bond motifs is 1. The van der Waals surface area contributed by atoms with Crippen LogP contribution in [-0.4, -0.2) is 45.3 Å². The number of aryl methyl sites for hydroxylation is 1. The third-order valence-electron chi connectivity index (χ3n) is 5.18. The van der Waals surface area contributed by atoms with Gasteiger partial charge in [0.05, 0.1) is 6.10 Å². The third-order valence-corrected chi connectivity index (χ3v) is 5.18. The lowest BCUT2D eigenvalue weighted by Gasteiger charge is -2.27. The molecular weight excluding hydrogens is 382 g/mol. The maximum Gasteiger partial charge on any atom is 0.354 e. The molecule has 154 valence electrons. The van der Waals surface area contributed by atoms with Gasteiger partial charge in [0.1, 0.15) is 17.5 Å². The fourth-order valence-corrected chi connectivity index (χ4v) is 3.57. The van der Waals surface area contributed by atoms with Gasteiger partial charge in [-0.1, -0.05) is 12.1 Å². The molecule has 1 aromatic carbocycles. The number of ether oxygens (including phenoxy) is 1. The molecule has 7 nitrogen and oxygen atoms in total. The molecule has 4 rings (SSSR count). The largest absolute Gasteiger partial charge is 0.489 e. The van der Waals surface area contributed by atoms with Crippen LogP contribution in [0.15, 0.2) is 61.1 Å². The number of aliphatic hydroxyl groups is 1. The van der Waals surface area contributed by atoms with Crippen LogP contribution in [0.4, 0.5) is 0 Å². The number of carbonyl (C=O) groups is 1. The molecule has 0 radical (unpaired) electrons. The van der Waals surface area contributed by atoms with E-state index in [2.05, 4.69) is 15.3 Å². The van der Waals surface area contributed by atoms with Crippen molar-refractivity contribution in [3.05, 3.63) is 77.9 Å². The Morgan fingerprint density at radius 2 is 2.07 bits per heavy atom. The van der Waals surface area contributed by atoms with Crippen molar-refractivity contribution >= 4 is 5.97 Å². The summed E-state index contributed by atoms with van der Waals surface area (Å²) in [4.78, 5) is 19.1. The van der Waals surface area contributed by atoms with Gasteiger partial charge in [0.15, 0.2) is 0 Å². The third kappa shape index (κ3) is 4.64. The molecule has 0 spiro atoms. The zero-order valence-electron chi connectivity index (χ0n) is 16.4. The van der Waals surface area contributed by atoms with Crippen molar-refractivity contribution in [3.8, 4) is 16.9 Å². The van der Waals surface area contributed by atoms with Crippen LogP contribution in [0.1, 0.15) is 34.1 Å². The van der Waals surface area contributed by atoms with Gasteiger partial charge in [-0.3, -0.25) is 4.98 Å². The Kier molecular flexibility index (Phi) is 6.02. The van der Waals surface area contributed by atoms with Crippen molar-refractivity contribution in [1.29, 1.82) is 0 Å². The Balaban J connectivity index is 1.36. The highest BCUT2D eigenvalue weighted by molar-refractivity contribution is 5.87. The van der Waals surface area contributed by atoms with Gasteiger partial charge in [0, 0.05) is 37.2 Å². The van der Waals surface area contributed by atoms with E-state index in [0.717, 1.165) is 40.8 Å². The second kappa shape index (κ2) is 9.02. The molecule has 0 bridgehead atoms. The minimum absolute atomic E-state index is 0.0288. The average Bonchev–Trinajstić information content (AvgIpc) is 2.79. The van der Waals surface area contributed by atoms with Gasteiger partial charge in [-0.25, -0.2) is 9.78 Å². The van der Waals surface area contributed by atoms with Crippen LogP contribution < -0.4 is 10.1 Å². The number of aromatic carboxylic acids is 1. The number of aromatic nitrogens is 2. The summed E-state index contributed by atoms with van der Waals surface area (Å²) in [6.45, 7) is 1.08. The number of hydrogen-bond acceptors (Lipinski definition) is 6. The van der Waals surface area contributed by atoms with Crippen LogP contribution in [0.25, 0.3) is 11.1 Å². The quantitative estimate of drug-likeness (QED) is 0.555. The summed E-state index contributed by atoms with van der Waals surface area (Å²) in [6.07, 6.45) is 6.02. The van der Waals surface area contributed by atoms with Crippen molar-refractivity contribution in [2.45, 2.75) is 25.0 Å². The number of carboxylic acids is 1. The number of pyridine rings is 2. The van der Waals surface area contributed by atoms with Crippen LogP contribution >= 0.6 is 0 Å². The fraction of sp³-hybridized carbons (Fsp3) is 0.261. The van der Waals surface area contributed by atoms with E-state index in [0.29, 0.717) is 13.1 Å². The second-order valence-corrected chi connectivity index (χ2v) is 7.30. The van der Waals surface area contributed by atoms with Gasteiger partial charge in [-0.2, -0.15) is 0 Å². The SMILES string of the molecule is O=C(O)c1cc(-c2ccc3c(c2)CC[C@H](CNC[C@H](O)c2cccnc2)O3)ccn1. The van der Waals surface area contributed by atoms with Crippen LogP contribution in [0.5, 0.6) is 5.75 Å². The standard InChI is InChI=1S/C23H23N3O4/c27-21(18-2-1-8-24-12-18)14-25-13-19-5-3-17-10-15(4-6-22(17)30-19)16-7-9-26-20(11-16)23(28)29/h1-2,4,6-12,19,21,25,27H,3,5,13-14H2,(H,28,29)/t19-,21+/m1/s1. The molecule has 2 aromatic heterocycles. The minimum atomic E-state index is -1.04. The normalized spacial score (nSPS) is 16.4. The van der Waals surface area contributed by atoms with Gasteiger partial charge in [-0.05, 0) is 59.9 Å². The topological polar surface area (TPSA) is 105 Å². The van der Waals surface area contributed by atoms with E-state index in [1.165, 1.54) is 6.20 Å². The highest BCUT2D eigenvalue weighted by Crippen LogP contribution is 2.32. The summed E-state index contributed by atoms with van der Waals surface area (Å²) in [5, 5.41) is 22.6. The molecule has 3 heterocycles. The van der Waals surface area contributed by atoms with Crippen molar-refractivity contribution in [2.75, 3.05) is 13.1 Å². The van der Waals surface area contributed by atoms with Crippen LogP contribution in [-0.2, 0) is 6.42 Å². The predicted molar refractivity (Wildman–Crippen MR) is 111 cm³/mol. The van der Waals surface area contributed by atoms with Crippen LogP contribution in [0.3, 0.4) is 0 Å². The van der Waals surface area contributed by atoms with E-state index in [4.69, 9.17) is 9.84 Å². The summed E-state index contributed by atoms with van der Waals surface area (Å²) in [7, 11) is 0. The first-order valence-electron chi connectivity index (χ1n) is 9.88. The lowest BCUT2D eigenvalue weighted by atomic mass is 9.97.